The Kier molecular flexibility index (Phi) is 2.81. The lowest BCUT2D eigenvalue weighted by Crippen LogP contribution is -2.50. The van der Waals surface area contributed by atoms with Gasteiger partial charge in [0.05, 0.1) is 0 Å². The van der Waals surface area contributed by atoms with E-state index in [-0.39, 0.29) is 10.8 Å². The monoisotopic (exact) mass is 286 g/mol. The Labute approximate surface area is 127 Å². The molecule has 0 heterocycles. The number of hydrogen-bond donors (Lipinski definition) is 0. The van der Waals surface area contributed by atoms with Crippen molar-refractivity contribution in [2.75, 3.05) is 0 Å². The average molecular weight is 286 g/mol. The van der Waals surface area contributed by atoms with Gasteiger partial charge in [-0.1, -0.05) is 25.5 Å². The summed E-state index contributed by atoms with van der Waals surface area (Å²) in [6.45, 7) is 4.56. The number of allylic oxidation sites excluding steroid dienone is 2. The van der Waals surface area contributed by atoms with Gasteiger partial charge in [-0.05, 0) is 55.3 Å². The van der Waals surface area contributed by atoms with Crippen molar-refractivity contribution in [2.24, 2.45) is 28.6 Å². The van der Waals surface area contributed by atoms with Gasteiger partial charge in [-0.15, -0.1) is 0 Å². The normalized spacial score (nSPS) is 49.2. The Morgan fingerprint density at radius 3 is 2.57 bits per heavy atom. The third-order valence-electron chi connectivity index (χ3n) is 7.57. The van der Waals surface area contributed by atoms with Gasteiger partial charge in [0.15, 0.2) is 0 Å². The lowest BCUT2D eigenvalue weighted by atomic mass is 9.48. The molecule has 4 aliphatic carbocycles. The van der Waals surface area contributed by atoms with Gasteiger partial charge in [0.2, 0.25) is 0 Å². The van der Waals surface area contributed by atoms with Crippen LogP contribution in [0.2, 0.25) is 0 Å². The number of ketones is 2. The van der Waals surface area contributed by atoms with Gasteiger partial charge in [0.1, 0.15) is 11.6 Å². The molecule has 4 rings (SSSR count). The molecular weight excluding hydrogens is 260 g/mol. The molecule has 0 N–H and O–H groups in total. The number of rotatable bonds is 0. The molecule has 5 atom stereocenters. The molecule has 2 nitrogen and oxygen atoms in total. The standard InChI is InChI=1S/C19H26O2/c1-18-10-9-16-14(15(18)7-8-17(18)21)6-4-12-3-5-13(20)11-19(12,16)2/h4,14-16H,3,5-11H2,1-2H3/t14-,15-,16-,18-,19-/m0/s1. The predicted molar refractivity (Wildman–Crippen MR) is 81.7 cm³/mol. The maximum atomic E-state index is 12.3. The Morgan fingerprint density at radius 2 is 1.76 bits per heavy atom. The topological polar surface area (TPSA) is 34.1 Å². The van der Waals surface area contributed by atoms with Crippen molar-refractivity contribution in [1.29, 1.82) is 0 Å². The number of carbonyl (C=O) groups excluding carboxylic acids is 2. The fraction of sp³-hybridized carbons (Fsp3) is 0.789. The van der Waals surface area contributed by atoms with E-state index in [9.17, 15) is 9.59 Å². The summed E-state index contributed by atoms with van der Waals surface area (Å²) >= 11 is 0. The maximum Gasteiger partial charge on any atom is 0.139 e. The van der Waals surface area contributed by atoms with Crippen LogP contribution in [0.25, 0.3) is 0 Å². The van der Waals surface area contributed by atoms with Crippen LogP contribution in [-0.2, 0) is 9.59 Å². The molecule has 4 aliphatic rings. The van der Waals surface area contributed by atoms with E-state index in [1.165, 1.54) is 0 Å². The van der Waals surface area contributed by atoms with Gasteiger partial charge in [-0.2, -0.15) is 0 Å². The van der Waals surface area contributed by atoms with Crippen LogP contribution in [0.4, 0.5) is 0 Å². The molecule has 2 heteroatoms. The van der Waals surface area contributed by atoms with E-state index in [4.69, 9.17) is 0 Å². The van der Waals surface area contributed by atoms with E-state index < -0.39 is 0 Å². The third kappa shape index (κ3) is 1.71. The molecule has 0 spiro atoms. The third-order valence-corrected chi connectivity index (χ3v) is 7.57. The first-order valence-corrected chi connectivity index (χ1v) is 8.70. The molecule has 0 aromatic carbocycles. The van der Waals surface area contributed by atoms with E-state index >= 15 is 0 Å². The Morgan fingerprint density at radius 1 is 1.00 bits per heavy atom. The molecule has 0 aromatic rings. The molecule has 3 saturated carbocycles. The first-order valence-electron chi connectivity index (χ1n) is 8.70. The summed E-state index contributed by atoms with van der Waals surface area (Å²) in [6, 6.07) is 0. The van der Waals surface area contributed by atoms with E-state index in [1.807, 2.05) is 0 Å². The van der Waals surface area contributed by atoms with Gasteiger partial charge in [-0.3, -0.25) is 9.59 Å². The van der Waals surface area contributed by atoms with E-state index in [0.29, 0.717) is 29.3 Å². The SMILES string of the molecule is C[C@]12CC(=O)CCC1=CC[C@@H]1[C@@H]2CC[C@]2(C)C(=O)CC[C@@H]12. The van der Waals surface area contributed by atoms with Crippen LogP contribution in [0.5, 0.6) is 0 Å². The molecule has 0 aliphatic heterocycles. The van der Waals surface area contributed by atoms with E-state index in [1.54, 1.807) is 5.57 Å². The van der Waals surface area contributed by atoms with E-state index in [2.05, 4.69) is 19.9 Å². The van der Waals surface area contributed by atoms with Crippen molar-refractivity contribution in [3.05, 3.63) is 11.6 Å². The van der Waals surface area contributed by atoms with Crippen molar-refractivity contribution in [3.8, 4) is 0 Å². The Bertz CT molecular complexity index is 546. The second kappa shape index (κ2) is 4.30. The minimum atomic E-state index is -0.0540. The lowest BCUT2D eigenvalue weighted by Gasteiger charge is -2.56. The number of carbonyl (C=O) groups is 2. The smallest absolute Gasteiger partial charge is 0.139 e. The van der Waals surface area contributed by atoms with Gasteiger partial charge in [0.25, 0.3) is 0 Å². The summed E-state index contributed by atoms with van der Waals surface area (Å²) in [5, 5.41) is 0. The summed E-state index contributed by atoms with van der Waals surface area (Å²) in [5.74, 6) is 2.78. The first kappa shape index (κ1) is 13.7. The Balaban J connectivity index is 1.72. The molecule has 0 unspecified atom stereocenters. The van der Waals surface area contributed by atoms with Gasteiger partial charge in [0, 0.05) is 24.7 Å². The maximum absolute atomic E-state index is 12.3. The van der Waals surface area contributed by atoms with Crippen LogP contribution in [0.15, 0.2) is 11.6 Å². The molecule has 0 aromatic heterocycles. The summed E-state index contributed by atoms with van der Waals surface area (Å²) in [4.78, 5) is 24.4. The van der Waals surface area contributed by atoms with Crippen LogP contribution >= 0.6 is 0 Å². The van der Waals surface area contributed by atoms with Gasteiger partial charge < -0.3 is 0 Å². The summed E-state index contributed by atoms with van der Waals surface area (Å²) in [5.41, 5.74) is 1.60. The van der Waals surface area contributed by atoms with Crippen molar-refractivity contribution in [2.45, 2.75) is 65.2 Å². The summed E-state index contributed by atoms with van der Waals surface area (Å²) < 4.78 is 0. The van der Waals surface area contributed by atoms with Gasteiger partial charge in [-0.25, -0.2) is 0 Å². The number of fused-ring (bicyclic) bond motifs is 5. The highest BCUT2D eigenvalue weighted by Gasteiger charge is 2.58. The Hall–Kier alpha value is -0.920. The zero-order valence-electron chi connectivity index (χ0n) is 13.3. The molecule has 3 fully saturated rings. The van der Waals surface area contributed by atoms with Crippen molar-refractivity contribution in [1.82, 2.24) is 0 Å². The minimum absolute atomic E-state index is 0.0540. The number of hydrogen-bond acceptors (Lipinski definition) is 2. The lowest BCUT2D eigenvalue weighted by molar-refractivity contribution is -0.134. The van der Waals surface area contributed by atoms with Crippen LogP contribution in [0.1, 0.15) is 65.2 Å². The molecule has 0 bridgehead atoms. The second-order valence-electron chi connectivity index (χ2n) is 8.39. The average Bonchev–Trinajstić information content (AvgIpc) is 2.74. The predicted octanol–water partition coefficient (Wildman–Crippen LogP) is 4.09. The van der Waals surface area contributed by atoms with Crippen molar-refractivity contribution < 1.29 is 9.59 Å². The minimum Gasteiger partial charge on any atom is -0.300 e. The zero-order chi connectivity index (χ0) is 14.8. The molecule has 0 saturated heterocycles. The van der Waals surface area contributed by atoms with Crippen LogP contribution in [0, 0.1) is 28.6 Å². The fourth-order valence-corrected chi connectivity index (χ4v) is 6.33. The van der Waals surface area contributed by atoms with Gasteiger partial charge >= 0.3 is 0 Å². The van der Waals surface area contributed by atoms with Crippen LogP contribution < -0.4 is 0 Å². The number of Topliss-reactive ketones (excluding diaryl/α,β-unsaturated/α-hetero) is 2. The van der Waals surface area contributed by atoms with Crippen LogP contribution in [-0.4, -0.2) is 11.6 Å². The quantitative estimate of drug-likeness (QED) is 0.629. The second-order valence-corrected chi connectivity index (χ2v) is 8.39. The first-order chi connectivity index (χ1) is 9.95. The molecule has 114 valence electrons. The van der Waals surface area contributed by atoms with Crippen LogP contribution in [0.3, 0.4) is 0 Å². The largest absolute Gasteiger partial charge is 0.300 e. The highest BCUT2D eigenvalue weighted by Crippen LogP contribution is 2.63. The fourth-order valence-electron chi connectivity index (χ4n) is 6.33. The zero-order valence-corrected chi connectivity index (χ0v) is 13.3. The summed E-state index contributed by atoms with van der Waals surface area (Å²) in [7, 11) is 0. The molecule has 0 amide bonds. The summed E-state index contributed by atoms with van der Waals surface area (Å²) in [6.07, 6.45) is 10.1. The molecular formula is C19H26O2. The van der Waals surface area contributed by atoms with E-state index in [0.717, 1.165) is 51.4 Å². The highest BCUT2D eigenvalue weighted by molar-refractivity contribution is 5.87. The van der Waals surface area contributed by atoms with Crippen molar-refractivity contribution >= 4 is 11.6 Å². The molecule has 0 radical (unpaired) electrons. The molecule has 21 heavy (non-hydrogen) atoms. The van der Waals surface area contributed by atoms with Crippen molar-refractivity contribution in [3.63, 3.8) is 0 Å². The highest BCUT2D eigenvalue weighted by atomic mass is 16.1.